The average Bonchev–Trinajstić information content (AvgIpc) is 2.98. The molecule has 2 unspecified atom stereocenters. The Balaban J connectivity index is 1.95. The Morgan fingerprint density at radius 1 is 1.47 bits per heavy atom. The van der Waals surface area contributed by atoms with Gasteiger partial charge in [-0.15, -0.1) is 0 Å². The molecule has 1 saturated heterocycles. The average molecular weight is 239 g/mol. The van der Waals surface area contributed by atoms with Gasteiger partial charge in [-0.3, -0.25) is 4.90 Å². The van der Waals surface area contributed by atoms with E-state index in [4.69, 9.17) is 10.9 Å². The van der Waals surface area contributed by atoms with Gasteiger partial charge in [-0.2, -0.15) is 0 Å². The summed E-state index contributed by atoms with van der Waals surface area (Å²) in [6.07, 6.45) is 7.09. The Kier molecular flexibility index (Phi) is 3.61. The SMILES string of the molecule is CCC1CCC(C)N1CC1(CC(N)=NO)CC1. The molecule has 1 aliphatic carbocycles. The summed E-state index contributed by atoms with van der Waals surface area (Å²) in [6.45, 7) is 5.73. The summed E-state index contributed by atoms with van der Waals surface area (Å²) in [7, 11) is 0. The van der Waals surface area contributed by atoms with Crippen LogP contribution in [0, 0.1) is 5.41 Å². The van der Waals surface area contributed by atoms with Crippen molar-refractivity contribution in [1.29, 1.82) is 0 Å². The predicted molar refractivity (Wildman–Crippen MR) is 69.2 cm³/mol. The molecule has 0 aromatic heterocycles. The molecule has 0 radical (unpaired) electrons. The Bertz CT molecular complexity index is 299. The minimum absolute atomic E-state index is 0.308. The Hall–Kier alpha value is -0.770. The Morgan fingerprint density at radius 3 is 2.71 bits per heavy atom. The van der Waals surface area contributed by atoms with E-state index < -0.39 is 0 Å². The molecule has 1 saturated carbocycles. The zero-order chi connectivity index (χ0) is 12.5. The van der Waals surface area contributed by atoms with E-state index in [0.717, 1.165) is 19.0 Å². The summed E-state index contributed by atoms with van der Waals surface area (Å²) in [6, 6.07) is 1.44. The summed E-state index contributed by atoms with van der Waals surface area (Å²) < 4.78 is 0. The molecule has 4 heteroatoms. The fraction of sp³-hybridized carbons (Fsp3) is 0.923. The van der Waals surface area contributed by atoms with Gasteiger partial charge in [-0.05, 0) is 44.4 Å². The van der Waals surface area contributed by atoms with Crippen molar-refractivity contribution in [3.05, 3.63) is 0 Å². The second-order valence-electron chi connectivity index (χ2n) is 5.93. The van der Waals surface area contributed by atoms with Crippen LogP contribution in [0.4, 0.5) is 0 Å². The number of likely N-dealkylation sites (tertiary alicyclic amines) is 1. The van der Waals surface area contributed by atoms with Gasteiger partial charge in [0.25, 0.3) is 0 Å². The fourth-order valence-electron chi connectivity index (χ4n) is 3.22. The van der Waals surface area contributed by atoms with Gasteiger partial charge in [0, 0.05) is 25.0 Å². The smallest absolute Gasteiger partial charge is 0.139 e. The molecule has 98 valence electrons. The van der Waals surface area contributed by atoms with Crippen LogP contribution in [0.1, 0.15) is 52.4 Å². The van der Waals surface area contributed by atoms with Crippen LogP contribution in [-0.2, 0) is 0 Å². The molecule has 17 heavy (non-hydrogen) atoms. The van der Waals surface area contributed by atoms with Crippen LogP contribution >= 0.6 is 0 Å². The second kappa shape index (κ2) is 4.84. The van der Waals surface area contributed by atoms with E-state index in [0.29, 0.717) is 17.3 Å². The first-order chi connectivity index (χ1) is 8.10. The van der Waals surface area contributed by atoms with Gasteiger partial charge >= 0.3 is 0 Å². The highest BCUT2D eigenvalue weighted by Crippen LogP contribution is 2.50. The number of hydrogen-bond acceptors (Lipinski definition) is 3. The first-order valence-corrected chi connectivity index (χ1v) is 6.82. The lowest BCUT2D eigenvalue weighted by Crippen LogP contribution is -2.39. The summed E-state index contributed by atoms with van der Waals surface area (Å²) in [5.41, 5.74) is 5.96. The van der Waals surface area contributed by atoms with Crippen LogP contribution in [0.3, 0.4) is 0 Å². The van der Waals surface area contributed by atoms with Crippen LogP contribution < -0.4 is 5.73 Å². The van der Waals surface area contributed by atoms with Crippen LogP contribution in [0.25, 0.3) is 0 Å². The van der Waals surface area contributed by atoms with Gasteiger partial charge in [0.1, 0.15) is 5.84 Å². The molecular formula is C13H25N3O. The van der Waals surface area contributed by atoms with E-state index in [9.17, 15) is 0 Å². The number of hydrogen-bond donors (Lipinski definition) is 2. The molecule has 2 aliphatic rings. The molecule has 0 aromatic carbocycles. The summed E-state index contributed by atoms with van der Waals surface area (Å²) in [5, 5.41) is 11.8. The lowest BCUT2D eigenvalue weighted by Gasteiger charge is -2.31. The quantitative estimate of drug-likeness (QED) is 0.334. The Labute approximate surface area is 104 Å². The van der Waals surface area contributed by atoms with Gasteiger partial charge in [0.2, 0.25) is 0 Å². The van der Waals surface area contributed by atoms with Gasteiger partial charge < -0.3 is 10.9 Å². The summed E-state index contributed by atoms with van der Waals surface area (Å²) in [4.78, 5) is 2.65. The monoisotopic (exact) mass is 239 g/mol. The maximum atomic E-state index is 8.69. The molecule has 4 nitrogen and oxygen atoms in total. The standard InChI is InChI=1S/C13H25N3O/c1-3-11-5-4-10(2)16(11)9-13(6-7-13)8-12(14)15-17/h10-11,17H,3-9H2,1-2H3,(H2,14,15). The van der Waals surface area contributed by atoms with Crippen LogP contribution in [0.2, 0.25) is 0 Å². The highest BCUT2D eigenvalue weighted by atomic mass is 16.4. The fourth-order valence-corrected chi connectivity index (χ4v) is 3.22. The largest absolute Gasteiger partial charge is 0.409 e. The maximum Gasteiger partial charge on any atom is 0.139 e. The van der Waals surface area contributed by atoms with Crippen molar-refractivity contribution < 1.29 is 5.21 Å². The second-order valence-corrected chi connectivity index (χ2v) is 5.93. The van der Waals surface area contributed by atoms with Crippen molar-refractivity contribution in [3.8, 4) is 0 Å². The third-order valence-electron chi connectivity index (χ3n) is 4.58. The van der Waals surface area contributed by atoms with E-state index >= 15 is 0 Å². The molecule has 2 atom stereocenters. The van der Waals surface area contributed by atoms with Crippen LogP contribution in [0.15, 0.2) is 5.16 Å². The van der Waals surface area contributed by atoms with Gasteiger partial charge in [0.05, 0.1) is 0 Å². The lowest BCUT2D eigenvalue weighted by atomic mass is 10.00. The predicted octanol–water partition coefficient (Wildman–Crippen LogP) is 2.17. The highest BCUT2D eigenvalue weighted by molar-refractivity contribution is 5.80. The molecule has 0 bridgehead atoms. The zero-order valence-electron chi connectivity index (χ0n) is 11.0. The van der Waals surface area contributed by atoms with Crippen molar-refractivity contribution in [2.24, 2.45) is 16.3 Å². The number of nitrogens with zero attached hydrogens (tertiary/aromatic N) is 2. The van der Waals surface area contributed by atoms with Gasteiger partial charge in [-0.25, -0.2) is 0 Å². The first-order valence-electron chi connectivity index (χ1n) is 6.82. The minimum Gasteiger partial charge on any atom is -0.409 e. The van der Waals surface area contributed by atoms with E-state index in [1.165, 1.54) is 32.1 Å². The number of rotatable bonds is 5. The van der Waals surface area contributed by atoms with E-state index in [1.54, 1.807) is 0 Å². The normalized spacial score (nSPS) is 32.9. The highest BCUT2D eigenvalue weighted by Gasteiger charge is 2.47. The molecule has 3 N–H and O–H groups in total. The number of oxime groups is 1. The molecule has 0 aromatic rings. The van der Waals surface area contributed by atoms with E-state index in [1.807, 2.05) is 0 Å². The molecule has 2 fully saturated rings. The maximum absolute atomic E-state index is 8.69. The summed E-state index contributed by atoms with van der Waals surface area (Å²) in [5.74, 6) is 0.391. The minimum atomic E-state index is 0.308. The van der Waals surface area contributed by atoms with Crippen molar-refractivity contribution in [1.82, 2.24) is 4.90 Å². The molecule has 1 heterocycles. The molecular weight excluding hydrogens is 214 g/mol. The van der Waals surface area contributed by atoms with Crippen LogP contribution in [0.5, 0.6) is 0 Å². The third-order valence-corrected chi connectivity index (χ3v) is 4.58. The topological polar surface area (TPSA) is 61.8 Å². The van der Waals surface area contributed by atoms with Crippen LogP contribution in [-0.4, -0.2) is 34.6 Å². The molecule has 2 rings (SSSR count). The van der Waals surface area contributed by atoms with Gasteiger partial charge in [0.15, 0.2) is 0 Å². The molecule has 0 amide bonds. The summed E-state index contributed by atoms with van der Waals surface area (Å²) >= 11 is 0. The van der Waals surface area contributed by atoms with E-state index in [-0.39, 0.29) is 0 Å². The van der Waals surface area contributed by atoms with Crippen molar-refractivity contribution in [2.75, 3.05) is 6.54 Å². The number of nitrogens with two attached hydrogens (primary N) is 1. The van der Waals surface area contributed by atoms with Crippen molar-refractivity contribution >= 4 is 5.84 Å². The van der Waals surface area contributed by atoms with Crippen molar-refractivity contribution in [3.63, 3.8) is 0 Å². The van der Waals surface area contributed by atoms with E-state index in [2.05, 4.69) is 23.9 Å². The van der Waals surface area contributed by atoms with Crippen molar-refractivity contribution in [2.45, 2.75) is 64.5 Å². The first kappa shape index (κ1) is 12.7. The van der Waals surface area contributed by atoms with Gasteiger partial charge in [-0.1, -0.05) is 12.1 Å². The number of amidine groups is 1. The zero-order valence-corrected chi connectivity index (χ0v) is 11.0. The third kappa shape index (κ3) is 2.73. The Morgan fingerprint density at radius 2 is 2.18 bits per heavy atom. The molecule has 1 aliphatic heterocycles. The lowest BCUT2D eigenvalue weighted by molar-refractivity contribution is 0.159. The molecule has 0 spiro atoms.